The van der Waals surface area contributed by atoms with Gasteiger partial charge in [0.25, 0.3) is 5.69 Å². The molecule has 1 aliphatic rings. The van der Waals surface area contributed by atoms with E-state index < -0.39 is 4.92 Å². The van der Waals surface area contributed by atoms with Crippen LogP contribution in [-0.4, -0.2) is 27.0 Å². The Morgan fingerprint density at radius 3 is 2.18 bits per heavy atom. The fourth-order valence-corrected chi connectivity index (χ4v) is 1.56. The number of hydrogen-bond donors (Lipinski definition) is 2. The summed E-state index contributed by atoms with van der Waals surface area (Å²) in [6.45, 7) is 3.94. The molecule has 0 saturated heterocycles. The van der Waals surface area contributed by atoms with E-state index in [-0.39, 0.29) is 27.8 Å². The van der Waals surface area contributed by atoms with Crippen LogP contribution < -0.4 is 10.6 Å². The smallest absolute Gasteiger partial charge is 0.271 e. The van der Waals surface area contributed by atoms with Crippen LogP contribution in [0.1, 0.15) is 13.8 Å². The molecule has 0 radical (unpaired) electrons. The second kappa shape index (κ2) is 5.43. The number of nitro benzene ring substituents is 1. The van der Waals surface area contributed by atoms with Crippen LogP contribution in [0.4, 0.5) is 17.1 Å². The van der Waals surface area contributed by atoms with Gasteiger partial charge in [0.05, 0.1) is 16.3 Å². The molecule has 0 aliphatic carbocycles. The maximum atomic E-state index is 10.5. The zero-order valence-electron chi connectivity index (χ0n) is 9.50. The summed E-state index contributed by atoms with van der Waals surface area (Å²) >= 11 is 0. The van der Waals surface area contributed by atoms with E-state index in [1.807, 2.05) is 13.8 Å². The number of benzene rings is 1. The van der Waals surface area contributed by atoms with Gasteiger partial charge in [-0.25, -0.2) is 0 Å². The molecule has 8 heteroatoms. The summed E-state index contributed by atoms with van der Waals surface area (Å²) < 4.78 is 0. The lowest BCUT2D eigenvalue weighted by Crippen LogP contribution is -2.33. The van der Waals surface area contributed by atoms with Gasteiger partial charge in [0, 0.05) is 12.1 Å². The molecule has 8 nitrogen and oxygen atoms in total. The molecule has 2 rings (SSSR count). The zero-order chi connectivity index (χ0) is 10.3. The van der Waals surface area contributed by atoms with E-state index in [0.29, 0.717) is 0 Å². The number of nitro groups is 1. The molecule has 0 aromatic heterocycles. The fraction of sp³-hybridized carbons (Fsp3) is 0.333. The highest BCUT2D eigenvalue weighted by Crippen LogP contribution is 2.35. The van der Waals surface area contributed by atoms with Gasteiger partial charge in [0.1, 0.15) is 5.66 Å². The summed E-state index contributed by atoms with van der Waals surface area (Å²) in [7, 11) is 0. The average Bonchev–Trinajstić information content (AvgIpc) is 2.36. The second-order valence-electron chi connectivity index (χ2n) is 3.86. The number of non-ortho nitro benzene ring substituents is 1. The van der Waals surface area contributed by atoms with Gasteiger partial charge in [-0.15, -0.1) is 0 Å². The first kappa shape index (κ1) is 17.5. The Hall–Kier alpha value is -1.90. The first-order valence-electron chi connectivity index (χ1n) is 4.33. The van der Waals surface area contributed by atoms with E-state index in [1.165, 1.54) is 12.1 Å². The average molecular weight is 247 g/mol. The molecule has 0 atom stereocenters. The number of rotatable bonds is 1. The SMILES string of the molecule is CC1(C)Nc2ccc([N+](=O)[O-])cc2N1.O.O.O. The minimum absolute atomic E-state index is 0. The van der Waals surface area contributed by atoms with Crippen molar-refractivity contribution in [3.63, 3.8) is 0 Å². The van der Waals surface area contributed by atoms with Gasteiger partial charge >= 0.3 is 0 Å². The fourth-order valence-electron chi connectivity index (χ4n) is 1.56. The summed E-state index contributed by atoms with van der Waals surface area (Å²) in [5, 5.41) is 16.9. The van der Waals surface area contributed by atoms with Gasteiger partial charge in [0.15, 0.2) is 0 Å². The summed E-state index contributed by atoms with van der Waals surface area (Å²) in [4.78, 5) is 10.1. The molecule has 1 aliphatic heterocycles. The van der Waals surface area contributed by atoms with Crippen molar-refractivity contribution in [1.82, 2.24) is 0 Å². The van der Waals surface area contributed by atoms with Gasteiger partial charge in [-0.2, -0.15) is 0 Å². The van der Waals surface area contributed by atoms with Crippen LogP contribution >= 0.6 is 0 Å². The quantitative estimate of drug-likeness (QED) is 0.514. The van der Waals surface area contributed by atoms with Crippen molar-refractivity contribution in [2.75, 3.05) is 10.6 Å². The third kappa shape index (κ3) is 3.28. The van der Waals surface area contributed by atoms with E-state index in [1.54, 1.807) is 6.07 Å². The first-order chi connectivity index (χ1) is 6.48. The molecule has 0 unspecified atom stereocenters. The predicted octanol–water partition coefficient (Wildman–Crippen LogP) is -0.306. The Kier molecular flexibility index (Phi) is 5.59. The molecule has 0 spiro atoms. The van der Waals surface area contributed by atoms with Crippen LogP contribution in [-0.2, 0) is 0 Å². The lowest BCUT2D eigenvalue weighted by atomic mass is 10.2. The molecule has 0 bridgehead atoms. The van der Waals surface area contributed by atoms with Crippen molar-refractivity contribution in [3.05, 3.63) is 28.3 Å². The molecule has 17 heavy (non-hydrogen) atoms. The van der Waals surface area contributed by atoms with Crippen LogP contribution in [0.3, 0.4) is 0 Å². The summed E-state index contributed by atoms with van der Waals surface area (Å²) in [6, 6.07) is 4.75. The van der Waals surface area contributed by atoms with Gasteiger partial charge in [-0.3, -0.25) is 10.1 Å². The number of hydrogen-bond acceptors (Lipinski definition) is 4. The molecule has 0 fully saturated rings. The Labute approximate surface area is 97.7 Å². The van der Waals surface area contributed by atoms with Crippen molar-refractivity contribution in [2.45, 2.75) is 19.5 Å². The van der Waals surface area contributed by atoms with E-state index in [4.69, 9.17) is 0 Å². The largest absolute Gasteiger partial charge is 0.412 e. The van der Waals surface area contributed by atoms with Gasteiger partial charge in [0.2, 0.25) is 0 Å². The van der Waals surface area contributed by atoms with Crippen molar-refractivity contribution in [2.24, 2.45) is 0 Å². The highest BCUT2D eigenvalue weighted by Gasteiger charge is 2.27. The predicted molar refractivity (Wildman–Crippen MR) is 65.3 cm³/mol. The Morgan fingerprint density at radius 2 is 1.65 bits per heavy atom. The molecular weight excluding hydrogens is 230 g/mol. The Morgan fingerprint density at radius 1 is 1.12 bits per heavy atom. The maximum absolute atomic E-state index is 10.5. The van der Waals surface area contributed by atoms with Crippen molar-refractivity contribution in [1.29, 1.82) is 0 Å². The van der Waals surface area contributed by atoms with E-state index in [9.17, 15) is 10.1 Å². The Balaban J connectivity index is 0. The number of nitrogens with one attached hydrogen (secondary N) is 2. The van der Waals surface area contributed by atoms with Crippen molar-refractivity contribution in [3.8, 4) is 0 Å². The molecule has 98 valence electrons. The highest BCUT2D eigenvalue weighted by atomic mass is 16.6. The standard InChI is InChI=1S/C9H11N3O2.3H2O/c1-9(2)10-7-4-3-6(12(13)14)5-8(7)11-9;;;/h3-5,10-11H,1-2H3;3*1H2. The first-order valence-corrected chi connectivity index (χ1v) is 4.33. The number of anilines is 2. The van der Waals surface area contributed by atoms with Gasteiger partial charge in [-0.05, 0) is 19.9 Å². The summed E-state index contributed by atoms with van der Waals surface area (Å²) in [5.74, 6) is 0. The molecule has 0 saturated carbocycles. The van der Waals surface area contributed by atoms with Gasteiger partial charge in [-0.1, -0.05) is 0 Å². The topological polar surface area (TPSA) is 162 Å². The minimum atomic E-state index is -0.396. The summed E-state index contributed by atoms with van der Waals surface area (Å²) in [6.07, 6.45) is 0. The van der Waals surface area contributed by atoms with Crippen LogP contribution in [0, 0.1) is 10.1 Å². The van der Waals surface area contributed by atoms with E-state index in [2.05, 4.69) is 10.6 Å². The minimum Gasteiger partial charge on any atom is -0.412 e. The van der Waals surface area contributed by atoms with Crippen molar-refractivity contribution >= 4 is 17.1 Å². The summed E-state index contributed by atoms with van der Waals surface area (Å²) in [5.41, 5.74) is 1.55. The Bertz CT molecular complexity index is 408. The van der Waals surface area contributed by atoms with E-state index in [0.717, 1.165) is 11.4 Å². The molecule has 1 heterocycles. The van der Waals surface area contributed by atoms with Crippen LogP contribution in [0.25, 0.3) is 0 Å². The number of nitrogens with zero attached hydrogens (tertiary/aromatic N) is 1. The van der Waals surface area contributed by atoms with Gasteiger partial charge < -0.3 is 27.1 Å². The third-order valence-corrected chi connectivity index (χ3v) is 2.11. The normalized spacial score (nSPS) is 13.8. The third-order valence-electron chi connectivity index (χ3n) is 2.11. The molecule has 1 aromatic rings. The molecular formula is C9H17N3O5. The number of fused-ring (bicyclic) bond motifs is 1. The van der Waals surface area contributed by atoms with Crippen LogP contribution in [0.2, 0.25) is 0 Å². The second-order valence-corrected chi connectivity index (χ2v) is 3.86. The molecule has 8 N–H and O–H groups in total. The monoisotopic (exact) mass is 247 g/mol. The molecule has 0 amide bonds. The van der Waals surface area contributed by atoms with E-state index >= 15 is 0 Å². The van der Waals surface area contributed by atoms with Crippen LogP contribution in [0.5, 0.6) is 0 Å². The van der Waals surface area contributed by atoms with Crippen molar-refractivity contribution < 1.29 is 21.4 Å². The molecule has 1 aromatic carbocycles. The maximum Gasteiger partial charge on any atom is 0.271 e. The zero-order valence-corrected chi connectivity index (χ0v) is 9.50. The lowest BCUT2D eigenvalue weighted by Gasteiger charge is -2.19. The van der Waals surface area contributed by atoms with Crippen LogP contribution in [0.15, 0.2) is 18.2 Å². The lowest BCUT2D eigenvalue weighted by molar-refractivity contribution is -0.384. The highest BCUT2D eigenvalue weighted by molar-refractivity contribution is 5.78.